The highest BCUT2D eigenvalue weighted by molar-refractivity contribution is 6.45. The molecule has 6 heteroatoms. The van der Waals surface area contributed by atoms with Gasteiger partial charge in [-0.2, -0.15) is 0 Å². The molecule has 1 N–H and O–H groups in total. The lowest BCUT2D eigenvalue weighted by atomic mass is 9.88. The van der Waals surface area contributed by atoms with Gasteiger partial charge in [-0.3, -0.25) is 4.98 Å². The van der Waals surface area contributed by atoms with E-state index < -0.39 is 0 Å². The Morgan fingerprint density at radius 2 is 1.87 bits per heavy atom. The molecule has 3 aromatic heterocycles. The van der Waals surface area contributed by atoms with E-state index in [1.165, 1.54) is 32.1 Å². The van der Waals surface area contributed by atoms with E-state index in [2.05, 4.69) is 22.0 Å². The maximum absolute atomic E-state index is 9.27. The highest BCUT2D eigenvalue weighted by Crippen LogP contribution is 2.35. The molecule has 1 aliphatic rings. The van der Waals surface area contributed by atoms with Gasteiger partial charge < -0.3 is 14.1 Å². The molecule has 0 amide bonds. The van der Waals surface area contributed by atoms with E-state index in [4.69, 9.17) is 9.51 Å². The Kier molecular flexibility index (Phi) is 5.40. The van der Waals surface area contributed by atoms with Crippen LogP contribution in [-0.4, -0.2) is 27.2 Å². The predicted molar refractivity (Wildman–Crippen MR) is 124 cm³/mol. The molecule has 1 fully saturated rings. The molecule has 3 heterocycles. The standard InChI is InChI=1S/C25H27BN3O2/c1-16-24(17(2)31-28-16)20-12-23-25(27-13-20)22(19-8-10-21(26-30)11-9-19)15-29(23)14-18-6-4-3-5-7-18/h8-13,15,18,30H,3-7,14H2,1-2H3. The fourth-order valence-corrected chi connectivity index (χ4v) is 4.96. The van der Waals surface area contributed by atoms with Gasteiger partial charge in [0.1, 0.15) is 5.76 Å². The summed E-state index contributed by atoms with van der Waals surface area (Å²) in [6.45, 7) is 4.94. The second-order valence-electron chi connectivity index (χ2n) is 8.74. The number of nitrogens with zero attached hydrogens (tertiary/aromatic N) is 3. The van der Waals surface area contributed by atoms with Crippen molar-refractivity contribution < 1.29 is 9.55 Å². The minimum Gasteiger partial charge on any atom is -0.450 e. The third-order valence-electron chi connectivity index (χ3n) is 6.59. The van der Waals surface area contributed by atoms with Gasteiger partial charge in [0.15, 0.2) is 0 Å². The fourth-order valence-electron chi connectivity index (χ4n) is 4.96. The second kappa shape index (κ2) is 8.35. The number of rotatable bonds is 5. The summed E-state index contributed by atoms with van der Waals surface area (Å²) in [4.78, 5) is 4.90. The first-order valence-electron chi connectivity index (χ1n) is 11.1. The zero-order valence-electron chi connectivity index (χ0n) is 18.1. The second-order valence-corrected chi connectivity index (χ2v) is 8.74. The van der Waals surface area contributed by atoms with Crippen LogP contribution in [0, 0.1) is 19.8 Å². The Bertz CT molecular complexity index is 1180. The van der Waals surface area contributed by atoms with Crippen molar-refractivity contribution in [1.29, 1.82) is 0 Å². The molecule has 0 saturated heterocycles. The van der Waals surface area contributed by atoms with Crippen molar-refractivity contribution in [2.45, 2.75) is 52.5 Å². The first-order chi connectivity index (χ1) is 15.1. The van der Waals surface area contributed by atoms with Crippen LogP contribution in [0.15, 0.2) is 47.2 Å². The van der Waals surface area contributed by atoms with E-state index in [0.717, 1.165) is 64.2 Å². The summed E-state index contributed by atoms with van der Waals surface area (Å²) in [7, 11) is 1.13. The molecule has 31 heavy (non-hydrogen) atoms. The van der Waals surface area contributed by atoms with Gasteiger partial charge in [-0.1, -0.05) is 54.1 Å². The number of fused-ring (bicyclic) bond motifs is 1. The lowest BCUT2D eigenvalue weighted by Crippen LogP contribution is -2.13. The quantitative estimate of drug-likeness (QED) is 0.479. The Labute approximate surface area is 183 Å². The van der Waals surface area contributed by atoms with Gasteiger partial charge >= 0.3 is 7.48 Å². The molecule has 1 aliphatic carbocycles. The highest BCUT2D eigenvalue weighted by Gasteiger charge is 2.20. The van der Waals surface area contributed by atoms with Gasteiger partial charge in [-0.25, -0.2) is 0 Å². The van der Waals surface area contributed by atoms with Crippen LogP contribution in [0.4, 0.5) is 0 Å². The van der Waals surface area contributed by atoms with Crippen molar-refractivity contribution in [3.05, 3.63) is 54.2 Å². The molecule has 0 bridgehead atoms. The van der Waals surface area contributed by atoms with Gasteiger partial charge in [-0.15, -0.1) is 0 Å². The van der Waals surface area contributed by atoms with Gasteiger partial charge in [-0.05, 0) is 44.2 Å². The number of hydrogen-bond donors (Lipinski definition) is 1. The summed E-state index contributed by atoms with van der Waals surface area (Å²) >= 11 is 0. The molecule has 5 rings (SSSR count). The van der Waals surface area contributed by atoms with E-state index in [0.29, 0.717) is 5.92 Å². The van der Waals surface area contributed by atoms with Gasteiger partial charge in [0, 0.05) is 35.6 Å². The first-order valence-corrected chi connectivity index (χ1v) is 11.1. The van der Waals surface area contributed by atoms with E-state index in [9.17, 15) is 5.02 Å². The Morgan fingerprint density at radius 1 is 1.10 bits per heavy atom. The van der Waals surface area contributed by atoms with Gasteiger partial charge in [0.2, 0.25) is 0 Å². The van der Waals surface area contributed by atoms with E-state index in [1.807, 2.05) is 44.3 Å². The lowest BCUT2D eigenvalue weighted by Gasteiger charge is -2.22. The molecule has 0 aliphatic heterocycles. The minimum atomic E-state index is 0.714. The molecule has 1 saturated carbocycles. The Hall–Kier alpha value is -2.86. The van der Waals surface area contributed by atoms with Crippen molar-refractivity contribution in [3.63, 3.8) is 0 Å². The summed E-state index contributed by atoms with van der Waals surface area (Å²) in [5.74, 6) is 1.53. The van der Waals surface area contributed by atoms with Crippen LogP contribution >= 0.6 is 0 Å². The van der Waals surface area contributed by atoms with E-state index in [1.54, 1.807) is 0 Å². The van der Waals surface area contributed by atoms with Crippen molar-refractivity contribution in [2.24, 2.45) is 5.92 Å². The molecule has 5 nitrogen and oxygen atoms in total. The molecule has 0 unspecified atom stereocenters. The van der Waals surface area contributed by atoms with Crippen LogP contribution < -0.4 is 5.46 Å². The summed E-state index contributed by atoms with van der Waals surface area (Å²) in [5.41, 5.74) is 8.15. The smallest absolute Gasteiger partial charge is 0.326 e. The number of hydrogen-bond acceptors (Lipinski definition) is 4. The highest BCUT2D eigenvalue weighted by atomic mass is 16.5. The number of aryl methyl sites for hydroxylation is 2. The Balaban J connectivity index is 1.63. The molecule has 1 radical (unpaired) electrons. The van der Waals surface area contributed by atoms with Crippen LogP contribution in [0.3, 0.4) is 0 Å². The summed E-state index contributed by atoms with van der Waals surface area (Å²) in [6.07, 6.45) is 10.8. The fraction of sp³-hybridized carbons (Fsp3) is 0.360. The molecule has 1 aromatic carbocycles. The maximum Gasteiger partial charge on any atom is 0.326 e. The number of aromatic nitrogens is 3. The molecular formula is C25H27BN3O2. The van der Waals surface area contributed by atoms with E-state index in [-0.39, 0.29) is 0 Å². The minimum absolute atomic E-state index is 0.714. The van der Waals surface area contributed by atoms with Gasteiger partial charge in [0.05, 0.1) is 16.7 Å². The van der Waals surface area contributed by atoms with Crippen LogP contribution in [0.5, 0.6) is 0 Å². The predicted octanol–water partition coefficient (Wildman–Crippen LogP) is 4.79. The summed E-state index contributed by atoms with van der Waals surface area (Å²) in [5, 5.41) is 13.4. The third-order valence-corrected chi connectivity index (χ3v) is 6.59. The van der Waals surface area contributed by atoms with Crippen molar-refractivity contribution in [3.8, 4) is 22.3 Å². The first kappa shape index (κ1) is 20.1. The monoisotopic (exact) mass is 412 g/mol. The number of pyridine rings is 1. The average molecular weight is 412 g/mol. The van der Waals surface area contributed by atoms with Crippen LogP contribution in [0.25, 0.3) is 33.3 Å². The van der Waals surface area contributed by atoms with Crippen molar-refractivity contribution in [2.75, 3.05) is 0 Å². The van der Waals surface area contributed by atoms with Crippen LogP contribution in [0.2, 0.25) is 0 Å². The largest absolute Gasteiger partial charge is 0.450 e. The SMILES string of the molecule is Cc1noc(C)c1-c1cnc2c(-c3ccc([B]O)cc3)cn(CC3CCCCC3)c2c1. The normalized spacial score (nSPS) is 14.9. The topological polar surface area (TPSA) is 64.1 Å². The van der Waals surface area contributed by atoms with Gasteiger partial charge in [0.25, 0.3) is 0 Å². The molecule has 0 spiro atoms. The number of benzene rings is 1. The average Bonchev–Trinajstić information content (AvgIpc) is 3.33. The van der Waals surface area contributed by atoms with Crippen LogP contribution in [-0.2, 0) is 6.54 Å². The molecule has 0 atom stereocenters. The zero-order valence-corrected chi connectivity index (χ0v) is 18.1. The van der Waals surface area contributed by atoms with E-state index >= 15 is 0 Å². The summed E-state index contributed by atoms with van der Waals surface area (Å²) < 4.78 is 7.79. The zero-order chi connectivity index (χ0) is 21.4. The Morgan fingerprint density at radius 3 is 2.55 bits per heavy atom. The maximum atomic E-state index is 9.27. The van der Waals surface area contributed by atoms with Crippen LogP contribution in [0.1, 0.15) is 43.6 Å². The molecule has 157 valence electrons. The molecule has 4 aromatic rings. The summed E-state index contributed by atoms with van der Waals surface area (Å²) in [6, 6.07) is 10.2. The van der Waals surface area contributed by atoms with Crippen molar-refractivity contribution in [1.82, 2.24) is 14.7 Å². The lowest BCUT2D eigenvalue weighted by molar-refractivity contribution is 0.323. The third kappa shape index (κ3) is 3.81. The van der Waals surface area contributed by atoms with Crippen molar-refractivity contribution >= 4 is 24.0 Å². The molecular weight excluding hydrogens is 385 g/mol.